The highest BCUT2D eigenvalue weighted by molar-refractivity contribution is 9.10. The number of benzene rings is 2. The lowest BCUT2D eigenvalue weighted by Crippen LogP contribution is -2.35. The lowest BCUT2D eigenvalue weighted by Gasteiger charge is -2.20. The van der Waals surface area contributed by atoms with Crippen molar-refractivity contribution >= 4 is 60.8 Å². The van der Waals surface area contributed by atoms with Crippen molar-refractivity contribution in [2.75, 3.05) is 6.61 Å². The van der Waals surface area contributed by atoms with E-state index >= 15 is 0 Å². The second-order valence-electron chi connectivity index (χ2n) is 8.05. The van der Waals surface area contributed by atoms with Crippen molar-refractivity contribution in [3.63, 3.8) is 0 Å². The van der Waals surface area contributed by atoms with Crippen LogP contribution in [-0.2, 0) is 11.4 Å². The molecular formula is C25H28Br2N2O3S. The molecule has 1 aliphatic rings. The minimum absolute atomic E-state index is 0.0326. The third-order valence-corrected chi connectivity index (χ3v) is 6.89. The Kier molecular flexibility index (Phi) is 9.07. The van der Waals surface area contributed by atoms with Crippen molar-refractivity contribution in [2.45, 2.75) is 53.3 Å². The maximum Gasteiger partial charge on any atom is 0.266 e. The van der Waals surface area contributed by atoms with Gasteiger partial charge in [-0.1, -0.05) is 44.0 Å². The van der Waals surface area contributed by atoms with Crippen molar-refractivity contribution in [3.8, 4) is 11.5 Å². The molecule has 1 aliphatic heterocycles. The van der Waals surface area contributed by atoms with Crippen LogP contribution in [0, 0.1) is 0 Å². The smallest absolute Gasteiger partial charge is 0.266 e. The molecule has 2 aromatic rings. The van der Waals surface area contributed by atoms with Crippen LogP contribution in [0.15, 0.2) is 55.2 Å². The Morgan fingerprint density at radius 2 is 1.73 bits per heavy atom. The number of thioether (sulfide) groups is 1. The van der Waals surface area contributed by atoms with Crippen molar-refractivity contribution in [1.82, 2.24) is 4.90 Å². The van der Waals surface area contributed by atoms with E-state index in [1.807, 2.05) is 77.1 Å². The summed E-state index contributed by atoms with van der Waals surface area (Å²) in [4.78, 5) is 20.1. The highest BCUT2D eigenvalue weighted by atomic mass is 79.9. The van der Waals surface area contributed by atoms with Crippen LogP contribution in [0.25, 0.3) is 6.08 Å². The van der Waals surface area contributed by atoms with Gasteiger partial charge in [-0.25, -0.2) is 0 Å². The summed E-state index contributed by atoms with van der Waals surface area (Å²) < 4.78 is 13.8. The molecule has 0 aliphatic carbocycles. The molecule has 1 heterocycles. The Morgan fingerprint density at radius 1 is 1.06 bits per heavy atom. The average Bonchev–Trinajstić information content (AvgIpc) is 3.04. The minimum atomic E-state index is -0.0326. The fourth-order valence-corrected chi connectivity index (χ4v) is 5.10. The Hall–Kier alpha value is -1.77. The topological polar surface area (TPSA) is 51.1 Å². The van der Waals surface area contributed by atoms with Gasteiger partial charge in [0.15, 0.2) is 16.7 Å². The number of rotatable bonds is 8. The SMILES string of the molecule is CCOc1cc(/C=C2/SC(=NC(C)C)N(C(C)C)C2=O)c(Br)cc1OCc1ccc(Br)cc1. The summed E-state index contributed by atoms with van der Waals surface area (Å²) in [6.07, 6.45) is 1.89. The van der Waals surface area contributed by atoms with Crippen LogP contribution in [0.4, 0.5) is 0 Å². The molecule has 1 saturated heterocycles. The van der Waals surface area contributed by atoms with Gasteiger partial charge in [0.1, 0.15) is 6.61 Å². The summed E-state index contributed by atoms with van der Waals surface area (Å²) in [6, 6.07) is 11.9. The molecule has 0 radical (unpaired) electrons. The van der Waals surface area contributed by atoms with E-state index in [2.05, 4.69) is 36.9 Å². The van der Waals surface area contributed by atoms with Gasteiger partial charge in [-0.05, 0) is 87.8 Å². The number of ether oxygens (including phenoxy) is 2. The monoisotopic (exact) mass is 594 g/mol. The lowest BCUT2D eigenvalue weighted by molar-refractivity contribution is -0.123. The molecule has 0 unspecified atom stereocenters. The zero-order chi connectivity index (χ0) is 24.1. The summed E-state index contributed by atoms with van der Waals surface area (Å²) in [7, 11) is 0. The molecular weight excluding hydrogens is 568 g/mol. The third-order valence-electron chi connectivity index (χ3n) is 4.68. The Bertz CT molecular complexity index is 1070. The number of aliphatic imine (C=N–C) groups is 1. The molecule has 33 heavy (non-hydrogen) atoms. The first-order chi connectivity index (χ1) is 15.7. The highest BCUT2D eigenvalue weighted by Gasteiger charge is 2.35. The molecule has 0 saturated carbocycles. The summed E-state index contributed by atoms with van der Waals surface area (Å²) in [5, 5.41) is 0.742. The Morgan fingerprint density at radius 3 is 2.33 bits per heavy atom. The third kappa shape index (κ3) is 6.64. The molecule has 8 heteroatoms. The van der Waals surface area contributed by atoms with Gasteiger partial charge < -0.3 is 9.47 Å². The molecule has 2 aromatic carbocycles. The van der Waals surface area contributed by atoms with E-state index in [0.29, 0.717) is 29.6 Å². The zero-order valence-electron chi connectivity index (χ0n) is 19.4. The number of nitrogens with zero attached hydrogens (tertiary/aromatic N) is 2. The van der Waals surface area contributed by atoms with Gasteiger partial charge in [0.25, 0.3) is 5.91 Å². The van der Waals surface area contributed by atoms with Gasteiger partial charge in [0, 0.05) is 21.0 Å². The Balaban J connectivity index is 1.90. The molecule has 0 atom stereocenters. The summed E-state index contributed by atoms with van der Waals surface area (Å²) in [5.74, 6) is 1.25. The van der Waals surface area contributed by atoms with Crippen molar-refractivity contribution in [2.24, 2.45) is 4.99 Å². The van der Waals surface area contributed by atoms with Gasteiger partial charge in [-0.15, -0.1) is 0 Å². The van der Waals surface area contributed by atoms with Crippen LogP contribution in [0.5, 0.6) is 11.5 Å². The number of carbonyl (C=O) groups excluding carboxylic acids is 1. The van der Waals surface area contributed by atoms with Gasteiger partial charge in [0.2, 0.25) is 0 Å². The van der Waals surface area contributed by atoms with Crippen LogP contribution < -0.4 is 9.47 Å². The van der Waals surface area contributed by atoms with E-state index in [4.69, 9.17) is 9.47 Å². The molecule has 0 spiro atoms. The zero-order valence-corrected chi connectivity index (χ0v) is 23.4. The second kappa shape index (κ2) is 11.6. The molecule has 1 amide bonds. The quantitative estimate of drug-likeness (QED) is 0.301. The maximum absolute atomic E-state index is 13.1. The van der Waals surface area contributed by atoms with E-state index in [9.17, 15) is 4.79 Å². The standard InChI is InChI=1S/C25H28Br2N2O3S/c1-6-31-21-11-18(12-23-24(30)29(16(4)5)25(33-23)28-15(2)3)20(27)13-22(21)32-14-17-7-9-19(26)10-8-17/h7-13,15-16H,6,14H2,1-5H3/b23-12+,28-25?. The van der Waals surface area contributed by atoms with Crippen molar-refractivity contribution in [1.29, 1.82) is 0 Å². The van der Waals surface area contributed by atoms with Gasteiger partial charge in [-0.2, -0.15) is 0 Å². The van der Waals surface area contributed by atoms with Gasteiger partial charge in [-0.3, -0.25) is 14.7 Å². The van der Waals surface area contributed by atoms with Gasteiger partial charge >= 0.3 is 0 Å². The molecule has 1 fully saturated rings. The van der Waals surface area contributed by atoms with Crippen molar-refractivity contribution < 1.29 is 14.3 Å². The van der Waals surface area contributed by atoms with Crippen molar-refractivity contribution in [3.05, 3.63) is 61.4 Å². The fraction of sp³-hybridized carbons (Fsp3) is 0.360. The van der Waals surface area contributed by atoms with Crippen LogP contribution in [0.3, 0.4) is 0 Å². The normalized spacial score (nSPS) is 16.5. The summed E-state index contributed by atoms with van der Waals surface area (Å²) >= 11 is 8.50. The predicted octanol–water partition coefficient (Wildman–Crippen LogP) is 7.28. The van der Waals surface area contributed by atoms with E-state index in [-0.39, 0.29) is 18.0 Å². The molecule has 5 nitrogen and oxygen atoms in total. The summed E-state index contributed by atoms with van der Waals surface area (Å²) in [6.45, 7) is 10.9. The average molecular weight is 596 g/mol. The molecule has 176 valence electrons. The minimum Gasteiger partial charge on any atom is -0.490 e. The number of amidine groups is 1. The van der Waals surface area contributed by atoms with E-state index in [0.717, 1.165) is 25.2 Å². The van der Waals surface area contributed by atoms with Gasteiger partial charge in [0.05, 0.1) is 11.5 Å². The van der Waals surface area contributed by atoms with Crippen LogP contribution in [0.1, 0.15) is 45.7 Å². The largest absolute Gasteiger partial charge is 0.490 e. The number of halogens is 2. The fourth-order valence-electron chi connectivity index (χ4n) is 3.18. The number of amides is 1. The van der Waals surface area contributed by atoms with E-state index in [1.54, 1.807) is 4.90 Å². The lowest BCUT2D eigenvalue weighted by atomic mass is 10.1. The first kappa shape index (κ1) is 25.8. The van der Waals surface area contributed by atoms with Crippen LogP contribution in [0.2, 0.25) is 0 Å². The predicted molar refractivity (Wildman–Crippen MR) is 144 cm³/mol. The first-order valence-corrected chi connectivity index (χ1v) is 13.2. The van der Waals surface area contributed by atoms with Crippen LogP contribution in [-0.4, -0.2) is 34.7 Å². The molecule has 0 bridgehead atoms. The number of hydrogen-bond acceptors (Lipinski definition) is 5. The Labute approximate surface area is 216 Å². The number of carbonyl (C=O) groups is 1. The number of hydrogen-bond donors (Lipinski definition) is 0. The maximum atomic E-state index is 13.1. The second-order valence-corrected chi connectivity index (χ2v) is 10.8. The summed E-state index contributed by atoms with van der Waals surface area (Å²) in [5.41, 5.74) is 1.90. The molecule has 0 aromatic heterocycles. The first-order valence-electron chi connectivity index (χ1n) is 10.8. The van der Waals surface area contributed by atoms with Crippen LogP contribution >= 0.6 is 43.6 Å². The highest BCUT2D eigenvalue weighted by Crippen LogP contribution is 2.39. The van der Waals surface area contributed by atoms with E-state index in [1.165, 1.54) is 11.8 Å². The van der Waals surface area contributed by atoms with E-state index < -0.39 is 0 Å². The molecule has 3 rings (SSSR count). The molecule has 0 N–H and O–H groups in total.